The van der Waals surface area contributed by atoms with E-state index >= 15 is 0 Å². The predicted octanol–water partition coefficient (Wildman–Crippen LogP) is 1.81. The fraction of sp³-hybridized carbons (Fsp3) is 0.562. The quantitative estimate of drug-likeness (QED) is 0.897. The summed E-state index contributed by atoms with van der Waals surface area (Å²) in [5, 5.41) is 8.83. The number of likely N-dealkylation sites (tertiary alicyclic amines) is 1. The van der Waals surface area contributed by atoms with Crippen molar-refractivity contribution in [1.82, 2.24) is 9.88 Å². The van der Waals surface area contributed by atoms with Gasteiger partial charge in [0, 0.05) is 25.9 Å². The number of amides is 1. The number of ether oxygens (including phenoxy) is 1. The molecule has 1 N–H and O–H groups in total. The number of carboxylic acids is 1. The number of carbonyl (C=O) groups excluding carboxylic acids is 1. The molecule has 1 aliphatic carbocycles. The summed E-state index contributed by atoms with van der Waals surface area (Å²) in [6.45, 7) is 2.12. The van der Waals surface area contributed by atoms with Gasteiger partial charge < -0.3 is 14.7 Å². The third-order valence-corrected chi connectivity index (χ3v) is 4.16. The lowest BCUT2D eigenvalue weighted by molar-refractivity contribution is -0.00243. The average Bonchev–Trinajstić information content (AvgIpc) is 3.37. The van der Waals surface area contributed by atoms with E-state index in [9.17, 15) is 9.59 Å². The maximum absolute atomic E-state index is 12.5. The van der Waals surface area contributed by atoms with Gasteiger partial charge in [0.1, 0.15) is 5.69 Å². The number of rotatable bonds is 5. The Morgan fingerprint density at radius 2 is 2.14 bits per heavy atom. The Morgan fingerprint density at radius 1 is 1.32 bits per heavy atom. The number of hydrogen-bond acceptors (Lipinski definition) is 4. The Labute approximate surface area is 129 Å². The smallest absolute Gasteiger partial charge is 0.354 e. The molecule has 2 fully saturated rings. The summed E-state index contributed by atoms with van der Waals surface area (Å²) < 4.78 is 5.89. The summed E-state index contributed by atoms with van der Waals surface area (Å²) in [7, 11) is 0. The van der Waals surface area contributed by atoms with E-state index in [0.717, 1.165) is 25.4 Å². The van der Waals surface area contributed by atoms with Crippen LogP contribution in [0.25, 0.3) is 0 Å². The van der Waals surface area contributed by atoms with Gasteiger partial charge in [-0.1, -0.05) is 0 Å². The molecule has 1 saturated heterocycles. The molecule has 0 aromatic carbocycles. The Bertz CT molecular complexity index is 554. The van der Waals surface area contributed by atoms with Gasteiger partial charge in [-0.2, -0.15) is 0 Å². The van der Waals surface area contributed by atoms with Gasteiger partial charge >= 0.3 is 5.97 Å². The number of hydrogen-bond donors (Lipinski definition) is 1. The monoisotopic (exact) mass is 304 g/mol. The number of piperidine rings is 1. The summed E-state index contributed by atoms with van der Waals surface area (Å²) in [5.41, 5.74) is 0.369. The van der Waals surface area contributed by atoms with Crippen LogP contribution in [0.4, 0.5) is 0 Å². The number of carbonyl (C=O) groups is 2. The Balaban J connectivity index is 1.59. The van der Waals surface area contributed by atoms with E-state index in [0.29, 0.717) is 18.7 Å². The first kappa shape index (κ1) is 15.0. The molecule has 6 nitrogen and oxygen atoms in total. The van der Waals surface area contributed by atoms with Crippen LogP contribution < -0.4 is 0 Å². The second-order valence-electron chi connectivity index (χ2n) is 6.03. The molecule has 1 aromatic heterocycles. The molecule has 0 radical (unpaired) electrons. The molecule has 0 spiro atoms. The highest BCUT2D eigenvalue weighted by molar-refractivity contribution is 5.95. The molecule has 118 valence electrons. The van der Waals surface area contributed by atoms with Crippen LogP contribution in [0.15, 0.2) is 18.3 Å². The Hall–Kier alpha value is -1.95. The second kappa shape index (κ2) is 6.44. The normalized spacial score (nSPS) is 21.6. The van der Waals surface area contributed by atoms with Crippen molar-refractivity contribution in [3.8, 4) is 0 Å². The van der Waals surface area contributed by atoms with Crippen LogP contribution >= 0.6 is 0 Å². The van der Waals surface area contributed by atoms with E-state index in [-0.39, 0.29) is 17.7 Å². The maximum atomic E-state index is 12.5. The number of aromatic nitrogens is 1. The fourth-order valence-corrected chi connectivity index (χ4v) is 2.64. The average molecular weight is 304 g/mol. The molecule has 22 heavy (non-hydrogen) atoms. The highest BCUT2D eigenvalue weighted by Gasteiger charge is 2.28. The van der Waals surface area contributed by atoms with Crippen LogP contribution in [-0.4, -0.2) is 52.7 Å². The van der Waals surface area contributed by atoms with Gasteiger partial charge in [-0.3, -0.25) is 4.79 Å². The zero-order valence-corrected chi connectivity index (χ0v) is 12.4. The molecule has 1 aromatic rings. The summed E-state index contributed by atoms with van der Waals surface area (Å²) in [6, 6.07) is 2.88. The molecule has 1 amide bonds. The van der Waals surface area contributed by atoms with Crippen LogP contribution in [0.5, 0.6) is 0 Å². The van der Waals surface area contributed by atoms with Crippen LogP contribution in [0, 0.1) is 5.92 Å². The minimum absolute atomic E-state index is 0.0548. The lowest BCUT2D eigenvalue weighted by atomic mass is 10.1. The van der Waals surface area contributed by atoms with E-state index in [1.54, 1.807) is 4.90 Å². The van der Waals surface area contributed by atoms with Gasteiger partial charge in [-0.05, 0) is 43.7 Å². The van der Waals surface area contributed by atoms with E-state index in [2.05, 4.69) is 4.98 Å². The summed E-state index contributed by atoms with van der Waals surface area (Å²) in [4.78, 5) is 28.8. The standard InChI is InChI=1S/C16H20N2O4/c19-15(12-5-6-14(16(20)21)17-8-12)18-7-1-2-13(9-18)22-10-11-3-4-11/h5-6,8,11,13H,1-4,7,9-10H2,(H,20,21). The first-order valence-electron chi connectivity index (χ1n) is 7.73. The summed E-state index contributed by atoms with van der Waals surface area (Å²) in [5.74, 6) is -0.478. The van der Waals surface area contributed by atoms with Crippen LogP contribution in [0.2, 0.25) is 0 Å². The van der Waals surface area contributed by atoms with Crippen molar-refractivity contribution < 1.29 is 19.4 Å². The predicted molar refractivity (Wildman–Crippen MR) is 78.8 cm³/mol. The number of nitrogens with zero attached hydrogens (tertiary/aromatic N) is 2. The van der Waals surface area contributed by atoms with Gasteiger partial charge in [0.05, 0.1) is 11.7 Å². The largest absolute Gasteiger partial charge is 0.477 e. The molecule has 2 aliphatic rings. The zero-order chi connectivity index (χ0) is 15.5. The molecule has 1 atom stereocenters. The molecule has 2 heterocycles. The van der Waals surface area contributed by atoms with Crippen LogP contribution in [-0.2, 0) is 4.74 Å². The minimum atomic E-state index is -1.09. The molecule has 1 aliphatic heterocycles. The molecule has 3 rings (SSSR count). The second-order valence-corrected chi connectivity index (χ2v) is 6.03. The van der Waals surface area contributed by atoms with Gasteiger partial charge in [-0.25, -0.2) is 9.78 Å². The molecular weight excluding hydrogens is 284 g/mol. The molecule has 1 unspecified atom stereocenters. The topological polar surface area (TPSA) is 79.7 Å². The van der Waals surface area contributed by atoms with Crippen molar-refractivity contribution in [2.45, 2.75) is 31.8 Å². The summed E-state index contributed by atoms with van der Waals surface area (Å²) in [6.07, 6.45) is 5.90. The van der Waals surface area contributed by atoms with E-state index < -0.39 is 5.97 Å². The maximum Gasteiger partial charge on any atom is 0.354 e. The number of aromatic carboxylic acids is 1. The van der Waals surface area contributed by atoms with E-state index in [1.807, 2.05) is 0 Å². The van der Waals surface area contributed by atoms with Crippen molar-refractivity contribution in [2.75, 3.05) is 19.7 Å². The first-order chi connectivity index (χ1) is 10.6. The molecule has 0 bridgehead atoms. The minimum Gasteiger partial charge on any atom is -0.477 e. The third-order valence-electron chi connectivity index (χ3n) is 4.16. The van der Waals surface area contributed by atoms with Gasteiger partial charge in [0.15, 0.2) is 0 Å². The van der Waals surface area contributed by atoms with Gasteiger partial charge in [0.2, 0.25) is 0 Å². The van der Waals surface area contributed by atoms with Crippen LogP contribution in [0.1, 0.15) is 46.5 Å². The molecule has 1 saturated carbocycles. The van der Waals surface area contributed by atoms with E-state index in [1.165, 1.54) is 31.2 Å². The van der Waals surface area contributed by atoms with Gasteiger partial charge in [-0.15, -0.1) is 0 Å². The highest BCUT2D eigenvalue weighted by atomic mass is 16.5. The SMILES string of the molecule is O=C(O)c1ccc(C(=O)N2CCCC(OCC3CC3)C2)cn1. The van der Waals surface area contributed by atoms with Crippen molar-refractivity contribution in [1.29, 1.82) is 0 Å². The van der Waals surface area contributed by atoms with E-state index in [4.69, 9.17) is 9.84 Å². The van der Waals surface area contributed by atoms with Gasteiger partial charge in [0.25, 0.3) is 5.91 Å². The van der Waals surface area contributed by atoms with Crippen molar-refractivity contribution in [3.05, 3.63) is 29.6 Å². The lowest BCUT2D eigenvalue weighted by Gasteiger charge is -2.32. The molecular formula is C16H20N2O4. The van der Waals surface area contributed by atoms with Crippen LogP contribution in [0.3, 0.4) is 0 Å². The molecule has 6 heteroatoms. The number of carboxylic acid groups (broad SMARTS) is 1. The van der Waals surface area contributed by atoms with Crippen molar-refractivity contribution in [2.24, 2.45) is 5.92 Å². The number of pyridine rings is 1. The Morgan fingerprint density at radius 3 is 2.77 bits per heavy atom. The van der Waals surface area contributed by atoms with Crippen molar-refractivity contribution in [3.63, 3.8) is 0 Å². The summed E-state index contributed by atoms with van der Waals surface area (Å²) >= 11 is 0. The van der Waals surface area contributed by atoms with Crippen molar-refractivity contribution >= 4 is 11.9 Å². The Kier molecular flexibility index (Phi) is 4.38. The first-order valence-corrected chi connectivity index (χ1v) is 7.73. The zero-order valence-electron chi connectivity index (χ0n) is 12.4. The lowest BCUT2D eigenvalue weighted by Crippen LogP contribution is -2.43. The fourth-order valence-electron chi connectivity index (χ4n) is 2.64. The highest BCUT2D eigenvalue weighted by Crippen LogP contribution is 2.30. The third kappa shape index (κ3) is 3.62.